The summed E-state index contributed by atoms with van der Waals surface area (Å²) in [6.45, 7) is 12.8. The molecule has 0 saturated heterocycles. The van der Waals surface area contributed by atoms with E-state index in [9.17, 15) is 0 Å². The highest BCUT2D eigenvalue weighted by molar-refractivity contribution is 5.86. The molecular weight excluding hydrogens is 1170 g/mol. The Morgan fingerprint density at radius 1 is 0.175 bits per heavy atom. The second-order valence-electron chi connectivity index (χ2n) is 25.1. The van der Waals surface area contributed by atoms with E-state index in [4.69, 9.17) is 0 Å². The topological polar surface area (TPSA) is 3.24 Å². The summed E-state index contributed by atoms with van der Waals surface area (Å²) in [6.07, 6.45) is 32.8. The van der Waals surface area contributed by atoms with Gasteiger partial charge in [0.2, 0.25) is 0 Å². The monoisotopic (exact) mass is 1250 g/mol. The van der Waals surface area contributed by atoms with Crippen molar-refractivity contribution in [2.45, 2.75) is 41.5 Å². The lowest BCUT2D eigenvalue weighted by atomic mass is 9.96. The molecule has 0 saturated carbocycles. The Bertz CT molecular complexity index is 4210. The van der Waals surface area contributed by atoms with Gasteiger partial charge in [-0.05, 0) is 178 Å². The van der Waals surface area contributed by atoms with Crippen molar-refractivity contribution in [3.63, 3.8) is 0 Å². The second kappa shape index (κ2) is 31.8. The Hall–Kier alpha value is -11.9. The lowest BCUT2D eigenvalue weighted by molar-refractivity contribution is 1.28. The van der Waals surface area contributed by atoms with Gasteiger partial charge in [-0.2, -0.15) is 0 Å². The fourth-order valence-electron chi connectivity index (χ4n) is 11.6. The first-order valence-corrected chi connectivity index (χ1v) is 33.5. The van der Waals surface area contributed by atoms with E-state index in [1.807, 2.05) is 0 Å². The number of allylic oxidation sites excluding steroid dienone is 6. The van der Waals surface area contributed by atoms with Gasteiger partial charge >= 0.3 is 0 Å². The number of nitrogens with zero attached hydrogens (tertiary/aromatic N) is 1. The van der Waals surface area contributed by atoms with Crippen LogP contribution in [0.1, 0.15) is 117 Å². The molecule has 0 aromatic heterocycles. The summed E-state index contributed by atoms with van der Waals surface area (Å²) in [7, 11) is 0. The molecule has 12 aromatic rings. The maximum atomic E-state index is 2.33. The Morgan fingerprint density at radius 3 is 0.485 bits per heavy atom. The van der Waals surface area contributed by atoms with E-state index in [0.717, 1.165) is 67.1 Å². The van der Waals surface area contributed by atoms with Crippen molar-refractivity contribution in [1.82, 2.24) is 0 Å². The van der Waals surface area contributed by atoms with Gasteiger partial charge in [-0.1, -0.05) is 379 Å². The van der Waals surface area contributed by atoms with Crippen molar-refractivity contribution < 1.29 is 0 Å². The fraction of sp³-hybridized carbons (Fsp3) is 0.0625. The molecule has 0 atom stereocenters. The molecule has 0 aliphatic rings. The van der Waals surface area contributed by atoms with Crippen LogP contribution in [-0.4, -0.2) is 0 Å². The number of anilines is 3. The standard InChI is InChI=1S/C96H81N/c1-70-16-52-85(53-17-70)94(86-54-18-71(2)19-55-86)13-7-10-76-28-34-79(35-29-76)40-43-82-46-64-91(65-47-82)97(92-66-48-83(49-67-92)44-41-80-36-30-77(31-37-80)11-8-14-95(87-56-20-72(3)21-57-87)88-58-22-73(4)23-59-88)93-68-50-84(51-69-93)45-42-81-38-32-78(33-39-81)12-9-15-96(89-60-24-74(5)25-61-89)90-62-26-75(6)27-63-90/h7-69H,1-6H3/b10-7+,11-8+,12-9+,43-40+,44-41+,45-42+. The van der Waals surface area contributed by atoms with Gasteiger partial charge in [0.15, 0.2) is 0 Å². The van der Waals surface area contributed by atoms with E-state index in [0.29, 0.717) is 0 Å². The quantitative estimate of drug-likeness (QED) is 0.0512. The van der Waals surface area contributed by atoms with E-state index in [1.165, 1.54) is 83.5 Å². The molecule has 12 rings (SSSR count). The first kappa shape index (κ1) is 65.2. The Labute approximate surface area is 575 Å². The van der Waals surface area contributed by atoms with Crippen molar-refractivity contribution in [3.05, 3.63) is 444 Å². The van der Waals surface area contributed by atoms with Gasteiger partial charge in [0.25, 0.3) is 0 Å². The highest BCUT2D eigenvalue weighted by Crippen LogP contribution is 2.36. The largest absolute Gasteiger partial charge is 0.311 e. The number of aryl methyl sites for hydroxylation is 6. The van der Waals surface area contributed by atoms with Crippen LogP contribution < -0.4 is 4.90 Å². The SMILES string of the molecule is Cc1ccc(C(=C/C=C/c2ccc(/C=C/c3ccc(N(c4ccc(/C=C/c5ccc(/C=C/C=C(c6ccc(C)cc6)c6ccc(C)cc6)cc5)cc4)c4ccc(/C=C/c5ccc(/C=C/C=C(c6ccc(C)cc6)c6ccc(C)cc6)cc5)cc4)cc3)cc2)c2ccc(C)cc2)cc1. The Balaban J connectivity index is 0.745. The molecule has 0 N–H and O–H groups in total. The molecule has 0 fully saturated rings. The first-order valence-electron chi connectivity index (χ1n) is 33.5. The Kier molecular flexibility index (Phi) is 21.4. The molecule has 470 valence electrons. The van der Waals surface area contributed by atoms with Gasteiger partial charge in [0.05, 0.1) is 0 Å². The van der Waals surface area contributed by atoms with Crippen molar-refractivity contribution >= 4 is 88.5 Å². The van der Waals surface area contributed by atoms with Crippen molar-refractivity contribution in [3.8, 4) is 0 Å². The third kappa shape index (κ3) is 18.1. The lowest BCUT2D eigenvalue weighted by Gasteiger charge is -2.26. The van der Waals surface area contributed by atoms with E-state index >= 15 is 0 Å². The summed E-state index contributed by atoms with van der Waals surface area (Å²) in [5, 5.41) is 0. The predicted octanol–water partition coefficient (Wildman–Crippen LogP) is 26.0. The molecule has 1 nitrogen and oxygen atoms in total. The zero-order chi connectivity index (χ0) is 66.7. The molecule has 0 radical (unpaired) electrons. The van der Waals surface area contributed by atoms with Gasteiger partial charge in [-0.25, -0.2) is 0 Å². The zero-order valence-corrected chi connectivity index (χ0v) is 56.3. The van der Waals surface area contributed by atoms with Gasteiger partial charge in [0, 0.05) is 17.1 Å². The molecule has 97 heavy (non-hydrogen) atoms. The third-order valence-corrected chi connectivity index (χ3v) is 17.5. The maximum absolute atomic E-state index is 2.33. The van der Waals surface area contributed by atoms with Crippen LogP contribution >= 0.6 is 0 Å². The fourth-order valence-corrected chi connectivity index (χ4v) is 11.6. The molecule has 0 bridgehead atoms. The van der Waals surface area contributed by atoms with E-state index in [1.54, 1.807) is 0 Å². The van der Waals surface area contributed by atoms with Gasteiger partial charge < -0.3 is 4.90 Å². The molecule has 0 heterocycles. The minimum Gasteiger partial charge on any atom is -0.311 e. The molecule has 0 amide bonds. The predicted molar refractivity (Wildman–Crippen MR) is 423 cm³/mol. The molecule has 1 heteroatoms. The zero-order valence-electron chi connectivity index (χ0n) is 56.3. The average Bonchev–Trinajstić information content (AvgIpc) is 0.939. The molecule has 0 spiro atoms. The highest BCUT2D eigenvalue weighted by atomic mass is 15.1. The second-order valence-corrected chi connectivity index (χ2v) is 25.1. The maximum Gasteiger partial charge on any atom is 0.0462 e. The smallest absolute Gasteiger partial charge is 0.0462 e. The molecule has 12 aromatic carbocycles. The van der Waals surface area contributed by atoms with Gasteiger partial charge in [-0.15, -0.1) is 0 Å². The minimum atomic E-state index is 1.07. The summed E-state index contributed by atoms with van der Waals surface area (Å²) < 4.78 is 0. The molecular formula is C96H81N. The lowest BCUT2D eigenvalue weighted by Crippen LogP contribution is -2.09. The highest BCUT2D eigenvalue weighted by Gasteiger charge is 2.14. The average molecular weight is 1250 g/mol. The van der Waals surface area contributed by atoms with Crippen molar-refractivity contribution in [1.29, 1.82) is 0 Å². The molecule has 0 aliphatic heterocycles. The van der Waals surface area contributed by atoms with Gasteiger partial charge in [0.1, 0.15) is 0 Å². The van der Waals surface area contributed by atoms with Crippen LogP contribution in [0.4, 0.5) is 17.1 Å². The summed E-state index contributed by atoms with van der Waals surface area (Å²) in [5.41, 5.74) is 31.8. The summed E-state index contributed by atoms with van der Waals surface area (Å²) in [5.74, 6) is 0. The first-order chi connectivity index (χ1) is 47.5. The van der Waals surface area contributed by atoms with Crippen LogP contribution in [0.25, 0.3) is 71.4 Å². The van der Waals surface area contributed by atoms with Crippen molar-refractivity contribution in [2.75, 3.05) is 4.90 Å². The number of rotatable bonds is 21. The summed E-state index contributed by atoms with van der Waals surface area (Å²) in [6, 6.07) is 105. The molecule has 0 aliphatic carbocycles. The normalized spacial score (nSPS) is 11.6. The van der Waals surface area contributed by atoms with E-state index in [2.05, 4.69) is 429 Å². The number of hydrogen-bond acceptors (Lipinski definition) is 1. The van der Waals surface area contributed by atoms with Crippen LogP contribution in [0.15, 0.2) is 328 Å². The van der Waals surface area contributed by atoms with E-state index in [-0.39, 0.29) is 0 Å². The van der Waals surface area contributed by atoms with E-state index < -0.39 is 0 Å². The summed E-state index contributed by atoms with van der Waals surface area (Å²) >= 11 is 0. The molecule has 0 unspecified atom stereocenters. The number of hydrogen-bond donors (Lipinski definition) is 0. The van der Waals surface area contributed by atoms with Crippen LogP contribution in [0.3, 0.4) is 0 Å². The van der Waals surface area contributed by atoms with Crippen molar-refractivity contribution in [2.24, 2.45) is 0 Å². The van der Waals surface area contributed by atoms with Crippen LogP contribution in [0, 0.1) is 41.5 Å². The Morgan fingerprint density at radius 2 is 0.320 bits per heavy atom. The van der Waals surface area contributed by atoms with Crippen LogP contribution in [0.5, 0.6) is 0 Å². The van der Waals surface area contributed by atoms with Crippen LogP contribution in [0.2, 0.25) is 0 Å². The van der Waals surface area contributed by atoms with Crippen LogP contribution in [-0.2, 0) is 0 Å². The third-order valence-electron chi connectivity index (χ3n) is 17.5. The summed E-state index contributed by atoms with van der Waals surface area (Å²) in [4.78, 5) is 2.33. The van der Waals surface area contributed by atoms with Gasteiger partial charge in [-0.3, -0.25) is 0 Å². The minimum absolute atomic E-state index is 1.07. The number of benzene rings is 12.